The average Bonchev–Trinajstić information content (AvgIpc) is 4.10. The first-order valence-corrected chi connectivity index (χ1v) is 21.4. The Balaban J connectivity index is 1.36. The predicted molar refractivity (Wildman–Crippen MR) is 222 cm³/mol. The molecule has 3 aromatic carbocycles. The minimum absolute atomic E-state index is 0.00201. The third-order valence-electron chi connectivity index (χ3n) is 11.3. The van der Waals surface area contributed by atoms with Crippen molar-refractivity contribution < 1.29 is 37.1 Å². The Morgan fingerprint density at radius 3 is 2.05 bits per heavy atom. The zero-order valence-electron chi connectivity index (χ0n) is 34.5. The van der Waals surface area contributed by atoms with Crippen LogP contribution in [0.25, 0.3) is 11.1 Å². The van der Waals surface area contributed by atoms with E-state index in [0.29, 0.717) is 12.8 Å². The number of hydrogen-bond acceptors (Lipinski definition) is 8. The normalized spacial score (nSPS) is 23.7. The van der Waals surface area contributed by atoms with E-state index < -0.39 is 73.8 Å². The van der Waals surface area contributed by atoms with E-state index in [1.165, 1.54) is 18.1 Å². The summed E-state index contributed by atoms with van der Waals surface area (Å²) in [6.07, 6.45) is 1.85. The monoisotopic (exact) mass is 812 g/mol. The number of nitrogens with one attached hydrogen (secondary N) is 3. The van der Waals surface area contributed by atoms with Crippen LogP contribution in [0.5, 0.6) is 0 Å². The van der Waals surface area contributed by atoms with Gasteiger partial charge in [0.15, 0.2) is 0 Å². The minimum atomic E-state index is -3.92. The van der Waals surface area contributed by atoms with Gasteiger partial charge in [-0.25, -0.2) is 13.2 Å². The first-order chi connectivity index (χ1) is 27.2. The van der Waals surface area contributed by atoms with Gasteiger partial charge in [-0.05, 0) is 73.3 Å². The molecule has 3 aromatic rings. The molecule has 0 spiro atoms. The highest BCUT2D eigenvalue weighted by molar-refractivity contribution is 7.91. The Labute approximate surface area is 342 Å². The van der Waals surface area contributed by atoms with Crippen LogP contribution in [0, 0.1) is 5.92 Å². The SMILES string of the molecule is C=CC1C[C@]1(NC(=O)[C@@H]1C[C@@](OC)(c2ccc(-c3ccccc3)cc2)CN1C(=O)[C@H](Cc1ccc(C(C)(C)C)cc1)NC(=O)OC(C)(C)C)C(=O)NS(=O)(=O)C1CC1. The molecule has 2 aliphatic carbocycles. The van der Waals surface area contributed by atoms with Crippen molar-refractivity contribution in [2.45, 2.75) is 113 Å². The van der Waals surface area contributed by atoms with E-state index in [2.05, 4.69) is 42.7 Å². The summed E-state index contributed by atoms with van der Waals surface area (Å²) in [5.74, 6) is -2.60. The van der Waals surface area contributed by atoms with E-state index in [1.54, 1.807) is 20.8 Å². The van der Waals surface area contributed by atoms with Gasteiger partial charge in [-0.3, -0.25) is 19.1 Å². The number of methoxy groups -OCH3 is 1. The number of rotatable bonds is 13. The molecule has 13 heteroatoms. The topological polar surface area (TPSA) is 160 Å². The van der Waals surface area contributed by atoms with Crippen molar-refractivity contribution in [3.63, 3.8) is 0 Å². The summed E-state index contributed by atoms with van der Waals surface area (Å²) in [4.78, 5) is 58.1. The Morgan fingerprint density at radius 2 is 1.52 bits per heavy atom. The zero-order chi connectivity index (χ0) is 42.3. The third-order valence-corrected chi connectivity index (χ3v) is 13.1. The van der Waals surface area contributed by atoms with Gasteiger partial charge in [0, 0.05) is 25.9 Å². The molecule has 6 rings (SSSR count). The maximum Gasteiger partial charge on any atom is 0.408 e. The molecule has 1 saturated heterocycles. The first-order valence-electron chi connectivity index (χ1n) is 19.8. The van der Waals surface area contributed by atoms with Crippen LogP contribution in [-0.4, -0.2) is 79.3 Å². The van der Waals surface area contributed by atoms with Gasteiger partial charge in [-0.2, -0.15) is 0 Å². The lowest BCUT2D eigenvalue weighted by Crippen LogP contribution is -2.58. The molecule has 2 saturated carbocycles. The summed E-state index contributed by atoms with van der Waals surface area (Å²) >= 11 is 0. The Kier molecular flexibility index (Phi) is 11.7. The van der Waals surface area contributed by atoms with Crippen LogP contribution in [0.15, 0.2) is 91.5 Å². The van der Waals surface area contributed by atoms with Crippen LogP contribution in [0.4, 0.5) is 4.79 Å². The number of sulfonamides is 1. The smallest absolute Gasteiger partial charge is 0.408 e. The van der Waals surface area contributed by atoms with E-state index in [4.69, 9.17) is 9.47 Å². The van der Waals surface area contributed by atoms with Crippen LogP contribution in [0.3, 0.4) is 0 Å². The molecule has 3 N–H and O–H groups in total. The molecule has 310 valence electrons. The maximum atomic E-state index is 15.0. The van der Waals surface area contributed by atoms with Crippen molar-refractivity contribution in [3.8, 4) is 11.1 Å². The number of likely N-dealkylation sites (tertiary alicyclic amines) is 1. The van der Waals surface area contributed by atoms with Crippen LogP contribution < -0.4 is 15.4 Å². The van der Waals surface area contributed by atoms with Gasteiger partial charge in [-0.15, -0.1) is 6.58 Å². The molecule has 12 nitrogen and oxygen atoms in total. The molecule has 1 heterocycles. The fourth-order valence-electron chi connectivity index (χ4n) is 7.66. The summed E-state index contributed by atoms with van der Waals surface area (Å²) in [5, 5.41) is 4.99. The van der Waals surface area contributed by atoms with E-state index in [-0.39, 0.29) is 31.2 Å². The molecule has 0 aromatic heterocycles. The summed E-state index contributed by atoms with van der Waals surface area (Å²) in [5.41, 5.74) is 0.857. The number of ether oxygens (including phenoxy) is 2. The van der Waals surface area contributed by atoms with Crippen molar-refractivity contribution in [1.29, 1.82) is 0 Å². The Hall–Kier alpha value is -5.01. The van der Waals surface area contributed by atoms with Crippen LogP contribution in [-0.2, 0) is 51.3 Å². The number of hydrogen-bond donors (Lipinski definition) is 3. The van der Waals surface area contributed by atoms with Gasteiger partial charge >= 0.3 is 6.09 Å². The second-order valence-electron chi connectivity index (χ2n) is 17.9. The molecule has 3 fully saturated rings. The molecule has 1 aliphatic heterocycles. The molecule has 4 amide bonds. The number of alkyl carbamates (subject to hydrolysis) is 1. The summed E-state index contributed by atoms with van der Waals surface area (Å²) in [6, 6.07) is 23.0. The van der Waals surface area contributed by atoms with E-state index in [1.807, 2.05) is 78.9 Å². The fraction of sp³-hybridized carbons (Fsp3) is 0.467. The van der Waals surface area contributed by atoms with Crippen LogP contribution >= 0.6 is 0 Å². The standard InChI is InChI=1S/C45H56N4O8S/c1-9-32-26-45(32,40(52)48-58(54,55)35-23-24-35)47-38(50)37-27-44(56-8,34-21-17-31(18-22-34)30-13-11-10-12-14-30)28-49(37)39(51)36(46-41(53)57-43(5,6)7)25-29-15-19-33(20-16-29)42(2,3)4/h9-22,32,35-37H,1,23-28H2,2-8H3,(H,46,53)(H,47,50)(H,48,52)/t32?,36-,37-,44-,45+/m0/s1. The van der Waals surface area contributed by atoms with Gasteiger partial charge in [0.2, 0.25) is 21.8 Å². The lowest BCUT2D eigenvalue weighted by Gasteiger charge is -2.31. The van der Waals surface area contributed by atoms with Gasteiger partial charge < -0.3 is 25.0 Å². The first kappa shape index (κ1) is 42.6. The van der Waals surface area contributed by atoms with Crippen LogP contribution in [0.2, 0.25) is 0 Å². The van der Waals surface area contributed by atoms with Crippen molar-refractivity contribution in [2.75, 3.05) is 13.7 Å². The quantitative estimate of drug-likeness (QED) is 0.180. The largest absolute Gasteiger partial charge is 0.444 e. The average molecular weight is 813 g/mol. The van der Waals surface area contributed by atoms with Gasteiger partial charge in [-0.1, -0.05) is 106 Å². The van der Waals surface area contributed by atoms with Gasteiger partial charge in [0.05, 0.1) is 11.8 Å². The van der Waals surface area contributed by atoms with E-state index >= 15 is 4.79 Å². The number of carbonyl (C=O) groups excluding carboxylic acids is 4. The highest BCUT2D eigenvalue weighted by atomic mass is 32.2. The molecule has 0 radical (unpaired) electrons. The number of benzene rings is 3. The Bertz CT molecular complexity index is 2140. The summed E-state index contributed by atoms with van der Waals surface area (Å²) in [6.45, 7) is 15.2. The molecule has 5 atom stereocenters. The second-order valence-corrected chi connectivity index (χ2v) is 19.8. The molecule has 3 aliphatic rings. The van der Waals surface area contributed by atoms with Gasteiger partial charge in [0.1, 0.15) is 28.8 Å². The molecular weight excluding hydrogens is 757 g/mol. The van der Waals surface area contributed by atoms with Crippen LogP contribution in [0.1, 0.15) is 83.9 Å². The number of carbonyl (C=O) groups is 4. The highest BCUT2D eigenvalue weighted by Gasteiger charge is 2.62. The zero-order valence-corrected chi connectivity index (χ0v) is 35.3. The maximum absolute atomic E-state index is 15.0. The van der Waals surface area contributed by atoms with E-state index in [9.17, 15) is 22.8 Å². The second kappa shape index (κ2) is 16.0. The number of amides is 4. The lowest BCUT2D eigenvalue weighted by atomic mass is 9.86. The molecule has 1 unspecified atom stereocenters. The predicted octanol–water partition coefficient (Wildman–Crippen LogP) is 5.90. The third kappa shape index (κ3) is 9.31. The minimum Gasteiger partial charge on any atom is -0.444 e. The summed E-state index contributed by atoms with van der Waals surface area (Å²) in [7, 11) is -2.40. The number of nitrogens with zero attached hydrogens (tertiary/aromatic N) is 1. The molecule has 58 heavy (non-hydrogen) atoms. The Morgan fingerprint density at radius 1 is 0.897 bits per heavy atom. The van der Waals surface area contributed by atoms with Crippen molar-refractivity contribution in [2.24, 2.45) is 5.92 Å². The van der Waals surface area contributed by atoms with Crippen molar-refractivity contribution >= 4 is 33.8 Å². The summed E-state index contributed by atoms with van der Waals surface area (Å²) < 4.78 is 39.7. The van der Waals surface area contributed by atoms with Gasteiger partial charge in [0.25, 0.3) is 5.91 Å². The highest BCUT2D eigenvalue weighted by Crippen LogP contribution is 2.46. The van der Waals surface area contributed by atoms with Crippen molar-refractivity contribution in [1.82, 2.24) is 20.3 Å². The molecule has 0 bridgehead atoms. The van der Waals surface area contributed by atoms with E-state index in [0.717, 1.165) is 27.8 Å². The molecular formula is C45H56N4O8S. The fourth-order valence-corrected chi connectivity index (χ4v) is 9.02. The lowest BCUT2D eigenvalue weighted by molar-refractivity contribution is -0.141. The van der Waals surface area contributed by atoms with Crippen molar-refractivity contribution in [3.05, 3.63) is 108 Å².